The van der Waals surface area contributed by atoms with Crippen molar-refractivity contribution in [3.8, 4) is 11.5 Å². The van der Waals surface area contributed by atoms with Crippen LogP contribution in [0.4, 0.5) is 10.5 Å². The van der Waals surface area contributed by atoms with E-state index in [4.69, 9.17) is 44.3 Å². The topological polar surface area (TPSA) is 84.9 Å². The Morgan fingerprint density at radius 1 is 0.738 bits per heavy atom. The van der Waals surface area contributed by atoms with Gasteiger partial charge in [0.1, 0.15) is 30.3 Å². The summed E-state index contributed by atoms with van der Waals surface area (Å²) in [5.41, 5.74) is 2.28. The summed E-state index contributed by atoms with van der Waals surface area (Å²) < 4.78 is 12.6. The van der Waals surface area contributed by atoms with Gasteiger partial charge in [-0.05, 0) is 83.4 Å². The average Bonchev–Trinajstić information content (AvgIpc) is 2.97. The Kier molecular flexibility index (Phi) is 9.18. The molecule has 0 bridgehead atoms. The normalized spacial score (nSPS) is 14.2. The number of halogens is 4. The van der Waals surface area contributed by atoms with Crippen LogP contribution in [0.15, 0.2) is 95.0 Å². The monoisotopic (exact) mass is 684 g/mol. The smallest absolute Gasteiger partial charge is 0.335 e. The number of hydrogen-bond donors (Lipinski definition) is 1. The quantitative estimate of drug-likeness (QED) is 0.149. The Hall–Kier alpha value is -3.82. The Morgan fingerprint density at radius 3 is 2.12 bits per heavy atom. The molecule has 4 amide bonds. The van der Waals surface area contributed by atoms with Crippen LogP contribution < -0.4 is 19.7 Å². The largest absolute Gasteiger partial charge is 0.489 e. The highest BCUT2D eigenvalue weighted by atomic mass is 79.9. The predicted octanol–water partition coefficient (Wildman–Crippen LogP) is 8.23. The summed E-state index contributed by atoms with van der Waals surface area (Å²) in [5.74, 6) is -0.645. The van der Waals surface area contributed by atoms with Crippen LogP contribution in [0.3, 0.4) is 0 Å². The summed E-state index contributed by atoms with van der Waals surface area (Å²) in [4.78, 5) is 39.4. The third kappa shape index (κ3) is 6.97. The first-order valence-electron chi connectivity index (χ1n) is 12.4. The van der Waals surface area contributed by atoms with E-state index in [1.165, 1.54) is 6.08 Å². The van der Waals surface area contributed by atoms with Crippen molar-refractivity contribution in [3.05, 3.63) is 127 Å². The lowest BCUT2D eigenvalue weighted by Gasteiger charge is -2.26. The fourth-order valence-electron chi connectivity index (χ4n) is 4.01. The minimum Gasteiger partial charge on any atom is -0.489 e. The molecule has 5 rings (SSSR count). The second kappa shape index (κ2) is 13.0. The van der Waals surface area contributed by atoms with E-state index in [2.05, 4.69) is 21.2 Å². The molecule has 0 saturated carbocycles. The van der Waals surface area contributed by atoms with Crippen molar-refractivity contribution >= 4 is 80.3 Å². The Bertz CT molecular complexity index is 1710. The lowest BCUT2D eigenvalue weighted by Crippen LogP contribution is -2.54. The molecule has 1 fully saturated rings. The first-order valence-corrected chi connectivity index (χ1v) is 14.4. The number of rotatable bonds is 8. The van der Waals surface area contributed by atoms with Crippen LogP contribution in [-0.2, 0) is 22.8 Å². The minimum absolute atomic E-state index is 0.197. The second-order valence-corrected chi connectivity index (χ2v) is 11.2. The number of carbonyl (C=O) groups is 3. The molecule has 4 aromatic rings. The first-order chi connectivity index (χ1) is 20.2. The van der Waals surface area contributed by atoms with Gasteiger partial charge in [-0.3, -0.25) is 14.9 Å². The van der Waals surface area contributed by atoms with Crippen molar-refractivity contribution in [1.82, 2.24) is 5.32 Å². The van der Waals surface area contributed by atoms with Gasteiger partial charge in [0.2, 0.25) is 0 Å². The number of nitrogens with zero attached hydrogens (tertiary/aromatic N) is 1. The van der Waals surface area contributed by atoms with Crippen molar-refractivity contribution in [1.29, 1.82) is 0 Å². The van der Waals surface area contributed by atoms with Gasteiger partial charge in [-0.25, -0.2) is 9.69 Å². The molecule has 1 saturated heterocycles. The van der Waals surface area contributed by atoms with Crippen molar-refractivity contribution in [2.75, 3.05) is 4.90 Å². The molecule has 7 nitrogen and oxygen atoms in total. The van der Waals surface area contributed by atoms with Gasteiger partial charge in [0.15, 0.2) is 0 Å². The molecule has 0 aromatic heterocycles. The van der Waals surface area contributed by atoms with Gasteiger partial charge >= 0.3 is 6.03 Å². The van der Waals surface area contributed by atoms with Crippen molar-refractivity contribution in [3.63, 3.8) is 0 Å². The van der Waals surface area contributed by atoms with Crippen molar-refractivity contribution < 1.29 is 23.9 Å². The van der Waals surface area contributed by atoms with Crippen LogP contribution in [0, 0.1) is 0 Å². The molecule has 0 atom stereocenters. The molecule has 0 radical (unpaired) electrons. The maximum Gasteiger partial charge on any atom is 0.335 e. The SMILES string of the molecule is O=C1NC(=O)N(c2ccc(OCc3ccc(Br)cc3)cc2)C(=O)/C1=C/c1ccc(OCc2ccc(Cl)c(Cl)c2)c(Cl)c1. The highest BCUT2D eigenvalue weighted by molar-refractivity contribution is 9.10. The van der Waals surface area contributed by atoms with Gasteiger partial charge in [0.25, 0.3) is 11.8 Å². The van der Waals surface area contributed by atoms with E-state index in [1.807, 2.05) is 24.3 Å². The molecule has 1 heterocycles. The van der Waals surface area contributed by atoms with Crippen molar-refractivity contribution in [2.24, 2.45) is 0 Å². The standard InChI is InChI=1S/C31H20BrCl3N2O5/c32-21-5-1-18(2-6-21)16-41-23-9-7-22(8-10-23)37-30(39)24(29(38)36-31(37)40)13-19-4-12-28(27(35)14-19)42-17-20-3-11-25(33)26(34)15-20/h1-15H,16-17H2,(H,36,38,40)/b24-13+. The summed E-state index contributed by atoms with van der Waals surface area (Å²) in [5, 5.41) is 3.33. The van der Waals surface area contributed by atoms with Crippen LogP contribution >= 0.6 is 50.7 Å². The van der Waals surface area contributed by atoms with Gasteiger partial charge in [0.05, 0.1) is 20.8 Å². The number of benzene rings is 4. The molecular formula is C31H20BrCl3N2O5. The zero-order chi connectivity index (χ0) is 29.8. The molecular weight excluding hydrogens is 667 g/mol. The van der Waals surface area contributed by atoms with Crippen LogP contribution in [0.2, 0.25) is 15.1 Å². The zero-order valence-electron chi connectivity index (χ0n) is 21.6. The number of nitrogens with one attached hydrogen (secondary N) is 1. The Morgan fingerprint density at radius 2 is 1.43 bits per heavy atom. The van der Waals surface area contributed by atoms with Gasteiger partial charge in [-0.15, -0.1) is 0 Å². The lowest BCUT2D eigenvalue weighted by molar-refractivity contribution is -0.122. The predicted molar refractivity (Wildman–Crippen MR) is 166 cm³/mol. The molecule has 0 spiro atoms. The van der Waals surface area contributed by atoms with Crippen LogP contribution in [0.5, 0.6) is 11.5 Å². The van der Waals surface area contributed by atoms with E-state index >= 15 is 0 Å². The number of urea groups is 1. The van der Waals surface area contributed by atoms with Crippen LogP contribution in [0.25, 0.3) is 6.08 Å². The van der Waals surface area contributed by atoms with Gasteiger partial charge < -0.3 is 9.47 Å². The van der Waals surface area contributed by atoms with Gasteiger partial charge in [-0.2, -0.15) is 0 Å². The number of hydrogen-bond acceptors (Lipinski definition) is 5. The molecule has 212 valence electrons. The maximum atomic E-state index is 13.3. The van der Waals surface area contributed by atoms with Gasteiger partial charge in [-0.1, -0.05) is 75.0 Å². The highest BCUT2D eigenvalue weighted by Crippen LogP contribution is 2.30. The fourth-order valence-corrected chi connectivity index (χ4v) is 4.84. The third-order valence-electron chi connectivity index (χ3n) is 6.16. The number of barbiturate groups is 1. The first kappa shape index (κ1) is 29.7. The Labute approximate surface area is 264 Å². The minimum atomic E-state index is -0.852. The second-order valence-electron chi connectivity index (χ2n) is 9.09. The van der Waals surface area contributed by atoms with E-state index in [9.17, 15) is 14.4 Å². The Balaban J connectivity index is 1.28. The number of carbonyl (C=O) groups excluding carboxylic acids is 3. The van der Waals surface area contributed by atoms with Crippen LogP contribution in [0.1, 0.15) is 16.7 Å². The van der Waals surface area contributed by atoms with E-state index in [0.717, 1.165) is 20.5 Å². The van der Waals surface area contributed by atoms with E-state index in [0.29, 0.717) is 33.7 Å². The number of ether oxygens (including phenoxy) is 2. The lowest BCUT2D eigenvalue weighted by atomic mass is 10.1. The molecule has 42 heavy (non-hydrogen) atoms. The molecule has 1 N–H and O–H groups in total. The van der Waals surface area contributed by atoms with E-state index < -0.39 is 17.8 Å². The zero-order valence-corrected chi connectivity index (χ0v) is 25.4. The summed E-state index contributed by atoms with van der Waals surface area (Å²) in [6.45, 7) is 0.544. The van der Waals surface area contributed by atoms with Crippen LogP contribution in [-0.4, -0.2) is 17.8 Å². The summed E-state index contributed by atoms with van der Waals surface area (Å²) in [6, 6.07) is 23.3. The highest BCUT2D eigenvalue weighted by Gasteiger charge is 2.36. The van der Waals surface area contributed by atoms with Crippen molar-refractivity contribution in [2.45, 2.75) is 13.2 Å². The number of amides is 4. The third-order valence-corrected chi connectivity index (χ3v) is 7.72. The summed E-state index contributed by atoms with van der Waals surface area (Å²) in [7, 11) is 0. The molecule has 1 aliphatic rings. The fraction of sp³-hybridized carbons (Fsp3) is 0.0645. The summed E-state index contributed by atoms with van der Waals surface area (Å²) >= 11 is 21.8. The summed E-state index contributed by atoms with van der Waals surface area (Å²) in [6.07, 6.45) is 1.36. The molecule has 1 aliphatic heterocycles. The molecule has 11 heteroatoms. The average molecular weight is 687 g/mol. The molecule has 4 aromatic carbocycles. The van der Waals surface area contributed by atoms with E-state index in [1.54, 1.807) is 60.7 Å². The maximum absolute atomic E-state index is 13.3. The number of anilines is 1. The van der Waals surface area contributed by atoms with E-state index in [-0.39, 0.29) is 22.9 Å². The van der Waals surface area contributed by atoms with Gasteiger partial charge in [0, 0.05) is 4.47 Å². The molecule has 0 unspecified atom stereocenters. The molecule has 0 aliphatic carbocycles. The number of imide groups is 2.